The number of hydrogen-bond donors (Lipinski definition) is 2. The molecule has 94 valence electrons. The molecule has 2 N–H and O–H groups in total. The molecule has 2 unspecified atom stereocenters. The van der Waals surface area contributed by atoms with Crippen molar-refractivity contribution in [2.24, 2.45) is 5.92 Å². The molecule has 0 saturated heterocycles. The van der Waals surface area contributed by atoms with Gasteiger partial charge in [-0.25, -0.2) is 4.39 Å². The van der Waals surface area contributed by atoms with E-state index in [1.807, 2.05) is 6.07 Å². The molecular formula is C14H20FNO. The summed E-state index contributed by atoms with van der Waals surface area (Å²) >= 11 is 0. The van der Waals surface area contributed by atoms with Gasteiger partial charge in [-0.05, 0) is 24.8 Å². The number of rotatable bonds is 4. The van der Waals surface area contributed by atoms with Gasteiger partial charge in [0, 0.05) is 18.7 Å². The third-order valence-electron chi connectivity index (χ3n) is 3.55. The van der Waals surface area contributed by atoms with Crippen LogP contribution in [0.5, 0.6) is 0 Å². The molecule has 2 atom stereocenters. The van der Waals surface area contributed by atoms with Gasteiger partial charge in [0.15, 0.2) is 0 Å². The Hall–Kier alpha value is -0.930. The standard InChI is InChI=1S/C14H20FNO/c15-13-7-3-1-5-11(13)9-16-10-12-6-2-4-8-14(12)17/h1,3,5,7,12,14,16-17H,2,4,6,8-10H2. The van der Waals surface area contributed by atoms with Crippen molar-refractivity contribution in [1.82, 2.24) is 5.32 Å². The molecule has 0 aliphatic heterocycles. The highest BCUT2D eigenvalue weighted by molar-refractivity contribution is 5.16. The number of benzene rings is 1. The molecule has 0 spiro atoms. The molecule has 1 aromatic rings. The lowest BCUT2D eigenvalue weighted by molar-refractivity contribution is 0.0695. The van der Waals surface area contributed by atoms with Gasteiger partial charge in [0.25, 0.3) is 0 Å². The van der Waals surface area contributed by atoms with Crippen LogP contribution in [0.15, 0.2) is 24.3 Å². The molecule has 1 aliphatic rings. The molecule has 1 saturated carbocycles. The Labute approximate surface area is 102 Å². The second-order valence-corrected chi connectivity index (χ2v) is 4.83. The lowest BCUT2D eigenvalue weighted by atomic mass is 9.86. The van der Waals surface area contributed by atoms with E-state index in [9.17, 15) is 9.50 Å². The van der Waals surface area contributed by atoms with Crippen LogP contribution < -0.4 is 5.32 Å². The van der Waals surface area contributed by atoms with E-state index in [1.54, 1.807) is 12.1 Å². The van der Waals surface area contributed by atoms with Crippen LogP contribution in [0, 0.1) is 11.7 Å². The van der Waals surface area contributed by atoms with Crippen LogP contribution in [0.2, 0.25) is 0 Å². The Bertz CT molecular complexity index is 356. The molecule has 0 amide bonds. The molecule has 0 aromatic heterocycles. The summed E-state index contributed by atoms with van der Waals surface area (Å²) in [5.41, 5.74) is 0.692. The summed E-state index contributed by atoms with van der Waals surface area (Å²) in [5, 5.41) is 13.0. The van der Waals surface area contributed by atoms with Gasteiger partial charge >= 0.3 is 0 Å². The lowest BCUT2D eigenvalue weighted by Crippen LogP contribution is -2.33. The zero-order chi connectivity index (χ0) is 12.1. The van der Waals surface area contributed by atoms with E-state index in [4.69, 9.17) is 0 Å². The quantitative estimate of drug-likeness (QED) is 0.843. The topological polar surface area (TPSA) is 32.3 Å². The van der Waals surface area contributed by atoms with Crippen molar-refractivity contribution in [1.29, 1.82) is 0 Å². The molecule has 17 heavy (non-hydrogen) atoms. The van der Waals surface area contributed by atoms with E-state index < -0.39 is 0 Å². The number of aliphatic hydroxyl groups excluding tert-OH is 1. The molecule has 0 radical (unpaired) electrons. The Kier molecular flexibility index (Phi) is 4.51. The minimum Gasteiger partial charge on any atom is -0.393 e. The van der Waals surface area contributed by atoms with Crippen LogP contribution in [0.4, 0.5) is 4.39 Å². The van der Waals surface area contributed by atoms with E-state index >= 15 is 0 Å². The first-order chi connectivity index (χ1) is 8.27. The Morgan fingerprint density at radius 1 is 1.24 bits per heavy atom. The van der Waals surface area contributed by atoms with Crippen LogP contribution >= 0.6 is 0 Å². The summed E-state index contributed by atoms with van der Waals surface area (Å²) in [4.78, 5) is 0. The molecule has 2 rings (SSSR count). The highest BCUT2D eigenvalue weighted by Gasteiger charge is 2.22. The van der Waals surface area contributed by atoms with Gasteiger partial charge in [-0.2, -0.15) is 0 Å². The van der Waals surface area contributed by atoms with Gasteiger partial charge in [-0.1, -0.05) is 31.0 Å². The predicted molar refractivity (Wildman–Crippen MR) is 66.1 cm³/mol. The molecular weight excluding hydrogens is 217 g/mol. The second-order valence-electron chi connectivity index (χ2n) is 4.83. The van der Waals surface area contributed by atoms with E-state index in [2.05, 4.69) is 5.32 Å². The van der Waals surface area contributed by atoms with Crippen LogP contribution in [-0.2, 0) is 6.54 Å². The van der Waals surface area contributed by atoms with Crippen LogP contribution in [0.25, 0.3) is 0 Å². The van der Waals surface area contributed by atoms with Crippen LogP contribution in [0.3, 0.4) is 0 Å². The minimum atomic E-state index is -0.183. The van der Waals surface area contributed by atoms with E-state index in [0.717, 1.165) is 25.8 Å². The second kappa shape index (κ2) is 6.12. The fourth-order valence-corrected chi connectivity index (χ4v) is 2.46. The zero-order valence-electron chi connectivity index (χ0n) is 10.0. The highest BCUT2D eigenvalue weighted by Crippen LogP contribution is 2.23. The smallest absolute Gasteiger partial charge is 0.127 e. The summed E-state index contributed by atoms with van der Waals surface area (Å²) in [6.07, 6.45) is 4.13. The van der Waals surface area contributed by atoms with Crippen LogP contribution in [0.1, 0.15) is 31.2 Å². The Balaban J connectivity index is 1.77. The fourth-order valence-electron chi connectivity index (χ4n) is 2.46. The SMILES string of the molecule is OC1CCCCC1CNCc1ccccc1F. The zero-order valence-corrected chi connectivity index (χ0v) is 10.0. The maximum absolute atomic E-state index is 13.3. The summed E-state index contributed by atoms with van der Waals surface area (Å²) < 4.78 is 13.3. The van der Waals surface area contributed by atoms with Gasteiger partial charge in [-0.3, -0.25) is 0 Å². The van der Waals surface area contributed by atoms with Crippen molar-refractivity contribution in [2.75, 3.05) is 6.54 Å². The first kappa shape index (κ1) is 12.5. The molecule has 0 heterocycles. The fraction of sp³-hybridized carbons (Fsp3) is 0.571. The summed E-state index contributed by atoms with van der Waals surface area (Å²) in [6.45, 7) is 1.31. The summed E-state index contributed by atoms with van der Waals surface area (Å²) in [5.74, 6) is 0.166. The number of halogens is 1. The van der Waals surface area contributed by atoms with Crippen molar-refractivity contribution in [3.05, 3.63) is 35.6 Å². The normalized spacial score (nSPS) is 24.8. The molecule has 2 nitrogen and oxygen atoms in total. The van der Waals surface area contributed by atoms with Gasteiger partial charge in [0.1, 0.15) is 5.82 Å². The van der Waals surface area contributed by atoms with Crippen molar-refractivity contribution < 1.29 is 9.50 Å². The predicted octanol–water partition coefficient (Wildman–Crippen LogP) is 2.47. The first-order valence-electron chi connectivity index (χ1n) is 6.39. The maximum Gasteiger partial charge on any atom is 0.127 e. The molecule has 1 aromatic carbocycles. The van der Waals surface area contributed by atoms with E-state index in [1.165, 1.54) is 12.5 Å². The van der Waals surface area contributed by atoms with Gasteiger partial charge in [-0.15, -0.1) is 0 Å². The average molecular weight is 237 g/mol. The maximum atomic E-state index is 13.3. The molecule has 1 aliphatic carbocycles. The minimum absolute atomic E-state index is 0.163. The first-order valence-corrected chi connectivity index (χ1v) is 6.39. The van der Waals surface area contributed by atoms with Crippen LogP contribution in [-0.4, -0.2) is 17.8 Å². The largest absolute Gasteiger partial charge is 0.393 e. The third-order valence-corrected chi connectivity index (χ3v) is 3.55. The van der Waals surface area contributed by atoms with Gasteiger partial charge in [0.05, 0.1) is 6.10 Å². The Morgan fingerprint density at radius 3 is 2.76 bits per heavy atom. The van der Waals surface area contributed by atoms with Crippen molar-refractivity contribution in [2.45, 2.75) is 38.3 Å². The number of nitrogens with one attached hydrogen (secondary N) is 1. The highest BCUT2D eigenvalue weighted by atomic mass is 19.1. The van der Waals surface area contributed by atoms with Crippen molar-refractivity contribution in [3.63, 3.8) is 0 Å². The number of aliphatic hydroxyl groups is 1. The van der Waals surface area contributed by atoms with E-state index in [-0.39, 0.29) is 11.9 Å². The third kappa shape index (κ3) is 3.51. The van der Waals surface area contributed by atoms with Crippen molar-refractivity contribution >= 4 is 0 Å². The number of hydrogen-bond acceptors (Lipinski definition) is 2. The van der Waals surface area contributed by atoms with Gasteiger partial charge in [0.2, 0.25) is 0 Å². The monoisotopic (exact) mass is 237 g/mol. The van der Waals surface area contributed by atoms with Gasteiger partial charge < -0.3 is 10.4 Å². The summed E-state index contributed by atoms with van der Waals surface area (Å²) in [7, 11) is 0. The summed E-state index contributed by atoms with van der Waals surface area (Å²) in [6, 6.07) is 6.81. The molecule has 0 bridgehead atoms. The average Bonchev–Trinajstić information content (AvgIpc) is 2.34. The van der Waals surface area contributed by atoms with Crippen molar-refractivity contribution in [3.8, 4) is 0 Å². The molecule has 3 heteroatoms. The lowest BCUT2D eigenvalue weighted by Gasteiger charge is -2.27. The van der Waals surface area contributed by atoms with E-state index in [0.29, 0.717) is 18.0 Å². The Morgan fingerprint density at radius 2 is 2.00 bits per heavy atom. The molecule has 1 fully saturated rings.